The summed E-state index contributed by atoms with van der Waals surface area (Å²) in [6.45, 7) is 1.84. The highest BCUT2D eigenvalue weighted by molar-refractivity contribution is 7.13. The molecule has 3 aromatic rings. The Bertz CT molecular complexity index is 1080. The summed E-state index contributed by atoms with van der Waals surface area (Å²) in [5.41, 5.74) is 9.54. The Morgan fingerprint density at radius 1 is 1.04 bits per heavy atom. The van der Waals surface area contributed by atoms with E-state index in [1.165, 1.54) is 35.1 Å². The number of thiophene rings is 1. The molecule has 0 bridgehead atoms. The highest BCUT2D eigenvalue weighted by Crippen LogP contribution is 2.40. The van der Waals surface area contributed by atoms with Crippen LogP contribution in [0.25, 0.3) is 17.2 Å². The van der Waals surface area contributed by atoms with E-state index in [0.29, 0.717) is 0 Å². The molecule has 0 saturated heterocycles. The van der Waals surface area contributed by atoms with Gasteiger partial charge < -0.3 is 0 Å². The number of hydrogen-bond acceptors (Lipinski definition) is 3. The van der Waals surface area contributed by atoms with Gasteiger partial charge in [-0.15, -0.1) is 0 Å². The summed E-state index contributed by atoms with van der Waals surface area (Å²) in [5, 5.41) is 12.9. The van der Waals surface area contributed by atoms with Crippen LogP contribution in [0.5, 0.6) is 0 Å². The van der Waals surface area contributed by atoms with Gasteiger partial charge in [-0.2, -0.15) is 0 Å². The second-order valence-electron chi connectivity index (χ2n) is 7.09. The number of nitro groups is 1. The lowest BCUT2D eigenvalue weighted by atomic mass is 9.80. The van der Waals surface area contributed by atoms with E-state index in [-0.39, 0.29) is 9.92 Å². The number of rotatable bonds is 1. The third-order valence-corrected chi connectivity index (χ3v) is 6.61. The zero-order valence-corrected chi connectivity index (χ0v) is 17.1. The Hall–Kier alpha value is -2.43. The van der Waals surface area contributed by atoms with Crippen LogP contribution in [0.15, 0.2) is 47.9 Å². The molecule has 1 aromatic heterocycles. The van der Waals surface area contributed by atoms with Crippen LogP contribution >= 0.6 is 22.9 Å². The molecule has 3 nitrogen and oxygen atoms in total. The molecule has 2 aliphatic carbocycles. The Labute approximate surface area is 173 Å². The summed E-state index contributed by atoms with van der Waals surface area (Å²) in [5.74, 6) is 0. The first-order chi connectivity index (χ1) is 13.5. The Morgan fingerprint density at radius 3 is 2.54 bits per heavy atom. The van der Waals surface area contributed by atoms with E-state index >= 15 is 0 Å². The van der Waals surface area contributed by atoms with Crippen molar-refractivity contribution in [1.29, 1.82) is 0 Å². The zero-order chi connectivity index (χ0) is 19.7. The highest BCUT2D eigenvalue weighted by atomic mass is 35.5. The van der Waals surface area contributed by atoms with Crippen LogP contribution in [0.2, 0.25) is 5.02 Å². The van der Waals surface area contributed by atoms with Gasteiger partial charge in [-0.05, 0) is 77.6 Å². The maximum atomic E-state index is 10.0. The largest absolute Gasteiger partial charge is 0.324 e. The van der Waals surface area contributed by atoms with Crippen molar-refractivity contribution in [2.24, 2.45) is 0 Å². The third kappa shape index (κ3) is 3.62. The number of nitrogens with zero attached hydrogens (tertiary/aromatic N) is 1. The summed E-state index contributed by atoms with van der Waals surface area (Å²) in [6.07, 6.45) is 9.11. The first-order valence-corrected chi connectivity index (χ1v) is 10.6. The lowest BCUT2D eigenvalue weighted by molar-refractivity contribution is -0.380. The van der Waals surface area contributed by atoms with E-state index in [2.05, 4.69) is 36.4 Å². The lowest BCUT2D eigenvalue weighted by Gasteiger charge is -2.25. The predicted octanol–water partition coefficient (Wildman–Crippen LogP) is 7.03. The van der Waals surface area contributed by atoms with Crippen molar-refractivity contribution < 1.29 is 4.92 Å². The summed E-state index contributed by atoms with van der Waals surface area (Å²) in [7, 11) is 0. The first kappa shape index (κ1) is 18.9. The van der Waals surface area contributed by atoms with E-state index < -0.39 is 0 Å². The second-order valence-corrected chi connectivity index (χ2v) is 8.38. The maximum absolute atomic E-state index is 10.0. The number of aryl methyl sites for hydroxylation is 1. The third-order valence-electron chi connectivity index (χ3n) is 5.26. The fourth-order valence-electron chi connectivity index (χ4n) is 3.97. The van der Waals surface area contributed by atoms with Gasteiger partial charge in [0.2, 0.25) is 0 Å². The number of hydrogen-bond donors (Lipinski definition) is 0. The molecule has 0 N–H and O–H groups in total. The quantitative estimate of drug-likeness (QED) is 0.320. The van der Waals surface area contributed by atoms with Gasteiger partial charge in [0.05, 0.1) is 4.92 Å². The zero-order valence-electron chi connectivity index (χ0n) is 15.6. The fraction of sp³-hybridized carbons (Fsp3) is 0.217. The van der Waals surface area contributed by atoms with Crippen LogP contribution in [0.4, 0.5) is 5.00 Å². The molecule has 0 spiro atoms. The normalized spacial score (nSPS) is 13.6. The highest BCUT2D eigenvalue weighted by Gasteiger charge is 2.22. The molecule has 0 radical (unpaired) electrons. The van der Waals surface area contributed by atoms with Gasteiger partial charge >= 0.3 is 5.00 Å². The average molecular weight is 410 g/mol. The summed E-state index contributed by atoms with van der Waals surface area (Å²) in [6, 6.07) is 12.4. The molecule has 28 heavy (non-hydrogen) atoms. The standard InChI is InChI=1S/C18H15Cl.C5H5NO2S/c19-18-7-3-6-14-16-9-8-12-4-1-2-5-13(12)15(16)10-11-17(14)18;1-4-2-5(6(7)8)9-3-4/h1,3-4,6-9H,2,5,10-11H2;2-3H,1H3. The van der Waals surface area contributed by atoms with Crippen molar-refractivity contribution in [3.05, 3.63) is 90.8 Å². The summed E-state index contributed by atoms with van der Waals surface area (Å²) >= 11 is 7.50. The minimum absolute atomic E-state index is 0.215. The molecule has 142 valence electrons. The van der Waals surface area contributed by atoms with E-state index in [1.807, 2.05) is 13.0 Å². The lowest BCUT2D eigenvalue weighted by Crippen LogP contribution is -2.10. The van der Waals surface area contributed by atoms with Crippen LogP contribution in [-0.4, -0.2) is 4.92 Å². The minimum Gasteiger partial charge on any atom is -0.258 e. The van der Waals surface area contributed by atoms with Gasteiger partial charge in [0.15, 0.2) is 0 Å². The van der Waals surface area contributed by atoms with Crippen LogP contribution in [0, 0.1) is 17.0 Å². The van der Waals surface area contributed by atoms with Crippen molar-refractivity contribution in [2.45, 2.75) is 32.6 Å². The van der Waals surface area contributed by atoms with E-state index in [4.69, 9.17) is 11.6 Å². The molecule has 0 saturated carbocycles. The molecule has 1 heterocycles. The fourth-order valence-corrected chi connectivity index (χ4v) is 4.95. The van der Waals surface area contributed by atoms with Gasteiger partial charge in [-0.25, -0.2) is 0 Å². The number of halogens is 1. The monoisotopic (exact) mass is 409 g/mol. The van der Waals surface area contributed by atoms with E-state index in [0.717, 1.165) is 34.8 Å². The average Bonchev–Trinajstić information content (AvgIpc) is 3.15. The topological polar surface area (TPSA) is 43.1 Å². The molecule has 0 amide bonds. The molecule has 0 fully saturated rings. The Morgan fingerprint density at radius 2 is 1.82 bits per heavy atom. The van der Waals surface area contributed by atoms with Crippen molar-refractivity contribution in [2.75, 3.05) is 0 Å². The SMILES string of the molecule is Cc1csc([N+](=O)[O-])c1.Clc1cccc2c1CCc1c-2ccc2c1CCC=C2. The molecule has 0 aliphatic heterocycles. The summed E-state index contributed by atoms with van der Waals surface area (Å²) in [4.78, 5) is 9.65. The van der Waals surface area contributed by atoms with Crippen molar-refractivity contribution in [1.82, 2.24) is 0 Å². The van der Waals surface area contributed by atoms with Crippen molar-refractivity contribution >= 4 is 34.0 Å². The molecule has 5 heteroatoms. The van der Waals surface area contributed by atoms with Gasteiger partial charge in [-0.3, -0.25) is 10.1 Å². The van der Waals surface area contributed by atoms with Crippen molar-refractivity contribution in [3.63, 3.8) is 0 Å². The Kier molecular flexibility index (Phi) is 5.33. The van der Waals surface area contributed by atoms with Crippen molar-refractivity contribution in [3.8, 4) is 11.1 Å². The van der Waals surface area contributed by atoms with E-state index in [1.54, 1.807) is 22.6 Å². The van der Waals surface area contributed by atoms with Gasteiger partial charge in [0, 0.05) is 16.5 Å². The molecule has 2 aromatic carbocycles. The molecule has 2 aliphatic rings. The molecular weight excluding hydrogens is 390 g/mol. The van der Waals surface area contributed by atoms with Crippen LogP contribution in [-0.2, 0) is 19.3 Å². The summed E-state index contributed by atoms with van der Waals surface area (Å²) < 4.78 is 0. The van der Waals surface area contributed by atoms with E-state index in [9.17, 15) is 10.1 Å². The molecule has 5 rings (SSSR count). The Balaban J connectivity index is 0.000000181. The predicted molar refractivity (Wildman–Crippen MR) is 117 cm³/mol. The number of benzene rings is 2. The maximum Gasteiger partial charge on any atom is 0.324 e. The molecular formula is C23H20ClNO2S. The van der Waals surface area contributed by atoms with Gasteiger partial charge in [0.25, 0.3) is 0 Å². The van der Waals surface area contributed by atoms with Crippen LogP contribution in [0.3, 0.4) is 0 Å². The minimum atomic E-state index is -0.377. The van der Waals surface area contributed by atoms with Crippen LogP contribution < -0.4 is 0 Å². The van der Waals surface area contributed by atoms with Crippen LogP contribution in [0.1, 0.15) is 34.2 Å². The number of fused-ring (bicyclic) bond motifs is 5. The second kappa shape index (κ2) is 7.90. The smallest absolute Gasteiger partial charge is 0.258 e. The van der Waals surface area contributed by atoms with Gasteiger partial charge in [0.1, 0.15) is 0 Å². The molecule has 0 atom stereocenters. The first-order valence-electron chi connectivity index (χ1n) is 9.33. The molecule has 0 unspecified atom stereocenters. The number of allylic oxidation sites excluding steroid dienone is 1. The van der Waals surface area contributed by atoms with Gasteiger partial charge in [-0.1, -0.05) is 59.4 Å².